The van der Waals surface area contributed by atoms with Crippen LogP contribution in [0.1, 0.15) is 18.1 Å². The molecule has 0 saturated heterocycles. The molecule has 0 radical (unpaired) electrons. The number of benzene rings is 2. The minimum Gasteiger partial charge on any atom is -0.394 e. The standard InChI is InChI=1S/C20H24N2O3/c1-2-22(9-11-25-12-10-23)20(24)21-17-7-8-19-16(14-17)13-15-5-3-4-6-18(15)19/h3-8,14,23H,2,9-13H2,1H3,(H,21,24). The van der Waals surface area contributed by atoms with Crippen LogP contribution in [0.15, 0.2) is 42.5 Å². The van der Waals surface area contributed by atoms with Crippen molar-refractivity contribution in [3.05, 3.63) is 53.6 Å². The minimum absolute atomic E-state index is 0.00413. The summed E-state index contributed by atoms with van der Waals surface area (Å²) in [7, 11) is 0. The third kappa shape index (κ3) is 4.00. The maximum Gasteiger partial charge on any atom is 0.321 e. The van der Waals surface area contributed by atoms with E-state index in [0.29, 0.717) is 26.3 Å². The molecule has 1 aliphatic carbocycles. The van der Waals surface area contributed by atoms with Gasteiger partial charge >= 0.3 is 6.03 Å². The van der Waals surface area contributed by atoms with E-state index in [-0.39, 0.29) is 12.6 Å². The van der Waals surface area contributed by atoms with Crippen molar-refractivity contribution in [1.82, 2.24) is 4.90 Å². The number of hydrogen-bond acceptors (Lipinski definition) is 3. The van der Waals surface area contributed by atoms with Crippen LogP contribution in [0, 0.1) is 0 Å². The first-order valence-electron chi connectivity index (χ1n) is 8.68. The highest BCUT2D eigenvalue weighted by Gasteiger charge is 2.19. The molecule has 3 rings (SSSR count). The Kier molecular flexibility index (Phi) is 5.68. The highest BCUT2D eigenvalue weighted by atomic mass is 16.5. The number of ether oxygens (including phenoxy) is 1. The molecule has 2 amide bonds. The SMILES string of the molecule is CCN(CCOCCO)C(=O)Nc1ccc2c(c1)Cc1ccccc1-2. The Morgan fingerprint density at radius 1 is 1.16 bits per heavy atom. The Bertz CT molecular complexity index is 745. The van der Waals surface area contributed by atoms with Gasteiger partial charge in [0.25, 0.3) is 0 Å². The lowest BCUT2D eigenvalue weighted by Crippen LogP contribution is -2.37. The van der Waals surface area contributed by atoms with E-state index in [2.05, 4.69) is 41.7 Å². The van der Waals surface area contributed by atoms with E-state index < -0.39 is 0 Å². The van der Waals surface area contributed by atoms with E-state index in [1.165, 1.54) is 22.3 Å². The van der Waals surface area contributed by atoms with Crippen LogP contribution in [0.3, 0.4) is 0 Å². The highest BCUT2D eigenvalue weighted by molar-refractivity contribution is 5.90. The number of amides is 2. The van der Waals surface area contributed by atoms with Crippen molar-refractivity contribution >= 4 is 11.7 Å². The molecule has 5 nitrogen and oxygen atoms in total. The zero-order valence-electron chi connectivity index (χ0n) is 14.5. The van der Waals surface area contributed by atoms with Gasteiger partial charge in [-0.25, -0.2) is 4.79 Å². The number of urea groups is 1. The number of carbonyl (C=O) groups is 1. The van der Waals surface area contributed by atoms with Crippen molar-refractivity contribution in [3.8, 4) is 11.1 Å². The normalized spacial score (nSPS) is 11.8. The summed E-state index contributed by atoms with van der Waals surface area (Å²) in [5.41, 5.74) is 5.92. The van der Waals surface area contributed by atoms with Gasteiger partial charge in [-0.1, -0.05) is 30.3 Å². The van der Waals surface area contributed by atoms with Crippen molar-refractivity contribution in [2.24, 2.45) is 0 Å². The summed E-state index contributed by atoms with van der Waals surface area (Å²) >= 11 is 0. The largest absolute Gasteiger partial charge is 0.394 e. The highest BCUT2D eigenvalue weighted by Crippen LogP contribution is 2.37. The third-order valence-electron chi connectivity index (χ3n) is 4.46. The van der Waals surface area contributed by atoms with Gasteiger partial charge in [-0.3, -0.25) is 0 Å². The second kappa shape index (κ2) is 8.14. The molecule has 0 spiro atoms. The fraction of sp³-hybridized carbons (Fsp3) is 0.350. The zero-order chi connectivity index (χ0) is 17.6. The molecular formula is C20H24N2O3. The van der Waals surface area contributed by atoms with E-state index in [0.717, 1.165) is 12.1 Å². The Hall–Kier alpha value is -2.37. The second-order valence-electron chi connectivity index (χ2n) is 6.05. The number of aliphatic hydroxyl groups is 1. The topological polar surface area (TPSA) is 61.8 Å². The Labute approximate surface area is 148 Å². The molecule has 0 fully saturated rings. The molecule has 5 heteroatoms. The summed E-state index contributed by atoms with van der Waals surface area (Å²) in [5, 5.41) is 11.7. The molecule has 2 aromatic carbocycles. The Morgan fingerprint density at radius 3 is 2.76 bits per heavy atom. The van der Waals surface area contributed by atoms with E-state index >= 15 is 0 Å². The van der Waals surface area contributed by atoms with Gasteiger partial charge < -0.3 is 20.1 Å². The van der Waals surface area contributed by atoms with Crippen LogP contribution < -0.4 is 5.32 Å². The van der Waals surface area contributed by atoms with Gasteiger partial charge in [0.1, 0.15) is 0 Å². The lowest BCUT2D eigenvalue weighted by molar-refractivity contribution is 0.0807. The molecule has 0 aliphatic heterocycles. The molecule has 0 bridgehead atoms. The molecule has 0 saturated carbocycles. The molecule has 0 unspecified atom stereocenters. The fourth-order valence-corrected chi connectivity index (χ4v) is 3.17. The van der Waals surface area contributed by atoms with Crippen LogP contribution >= 0.6 is 0 Å². The lowest BCUT2D eigenvalue weighted by atomic mass is 10.1. The molecule has 0 atom stereocenters. The zero-order valence-corrected chi connectivity index (χ0v) is 14.5. The average molecular weight is 340 g/mol. The Balaban J connectivity index is 1.63. The molecule has 2 N–H and O–H groups in total. The molecule has 25 heavy (non-hydrogen) atoms. The van der Waals surface area contributed by atoms with Crippen molar-refractivity contribution in [2.45, 2.75) is 13.3 Å². The molecule has 0 heterocycles. The first-order chi connectivity index (χ1) is 12.2. The van der Waals surface area contributed by atoms with Crippen LogP contribution in [0.25, 0.3) is 11.1 Å². The maximum atomic E-state index is 12.4. The maximum absolute atomic E-state index is 12.4. The Morgan fingerprint density at radius 2 is 1.96 bits per heavy atom. The van der Waals surface area contributed by atoms with Crippen LogP contribution in [-0.4, -0.2) is 48.9 Å². The number of anilines is 1. The van der Waals surface area contributed by atoms with Crippen molar-refractivity contribution < 1.29 is 14.6 Å². The lowest BCUT2D eigenvalue weighted by Gasteiger charge is -2.21. The number of likely N-dealkylation sites (N-methyl/N-ethyl adjacent to an activating group) is 1. The van der Waals surface area contributed by atoms with E-state index in [1.54, 1.807) is 4.90 Å². The molecule has 1 aliphatic rings. The van der Waals surface area contributed by atoms with E-state index in [1.807, 2.05) is 13.0 Å². The average Bonchev–Trinajstić information content (AvgIpc) is 2.99. The number of fused-ring (bicyclic) bond motifs is 3. The summed E-state index contributed by atoms with van der Waals surface area (Å²) in [4.78, 5) is 14.1. The minimum atomic E-state index is -0.134. The van der Waals surface area contributed by atoms with Crippen LogP contribution in [-0.2, 0) is 11.2 Å². The number of nitrogens with zero attached hydrogens (tertiary/aromatic N) is 1. The molecular weight excluding hydrogens is 316 g/mol. The van der Waals surface area contributed by atoms with Gasteiger partial charge in [-0.2, -0.15) is 0 Å². The fourth-order valence-electron chi connectivity index (χ4n) is 3.17. The van der Waals surface area contributed by atoms with Crippen molar-refractivity contribution in [2.75, 3.05) is 38.2 Å². The summed E-state index contributed by atoms with van der Waals surface area (Å²) < 4.78 is 5.24. The monoisotopic (exact) mass is 340 g/mol. The first-order valence-corrected chi connectivity index (χ1v) is 8.68. The van der Waals surface area contributed by atoms with Crippen LogP contribution in [0.5, 0.6) is 0 Å². The van der Waals surface area contributed by atoms with Gasteiger partial charge in [0.05, 0.1) is 19.8 Å². The third-order valence-corrected chi connectivity index (χ3v) is 4.46. The smallest absolute Gasteiger partial charge is 0.321 e. The van der Waals surface area contributed by atoms with Gasteiger partial charge in [-0.15, -0.1) is 0 Å². The molecule has 132 valence electrons. The van der Waals surface area contributed by atoms with Gasteiger partial charge in [0, 0.05) is 18.8 Å². The summed E-state index contributed by atoms with van der Waals surface area (Å²) in [6, 6.07) is 14.4. The van der Waals surface area contributed by atoms with Crippen molar-refractivity contribution in [1.29, 1.82) is 0 Å². The van der Waals surface area contributed by atoms with Crippen LogP contribution in [0.2, 0.25) is 0 Å². The van der Waals surface area contributed by atoms with E-state index in [9.17, 15) is 4.79 Å². The predicted octanol–water partition coefficient (Wildman–Crippen LogP) is 3.12. The quantitative estimate of drug-likeness (QED) is 0.650. The number of aliphatic hydroxyl groups excluding tert-OH is 1. The van der Waals surface area contributed by atoms with Gasteiger partial charge in [0.2, 0.25) is 0 Å². The second-order valence-corrected chi connectivity index (χ2v) is 6.05. The van der Waals surface area contributed by atoms with E-state index in [4.69, 9.17) is 9.84 Å². The summed E-state index contributed by atoms with van der Waals surface area (Å²) in [6.45, 7) is 3.75. The van der Waals surface area contributed by atoms with Gasteiger partial charge in [0.15, 0.2) is 0 Å². The molecule has 2 aromatic rings. The number of rotatable bonds is 7. The number of carbonyl (C=O) groups excluding carboxylic acids is 1. The molecule has 0 aromatic heterocycles. The van der Waals surface area contributed by atoms with Gasteiger partial charge in [-0.05, 0) is 47.7 Å². The summed E-state index contributed by atoms with van der Waals surface area (Å²) in [5.74, 6) is 0. The number of nitrogens with one attached hydrogen (secondary N) is 1. The van der Waals surface area contributed by atoms with Crippen LogP contribution in [0.4, 0.5) is 10.5 Å². The predicted molar refractivity (Wildman–Crippen MR) is 98.9 cm³/mol. The van der Waals surface area contributed by atoms with Crippen molar-refractivity contribution in [3.63, 3.8) is 0 Å². The number of hydrogen-bond donors (Lipinski definition) is 2. The summed E-state index contributed by atoms with van der Waals surface area (Å²) in [6.07, 6.45) is 0.904. The first kappa shape index (κ1) is 17.5.